The van der Waals surface area contributed by atoms with Crippen LogP contribution in [0.1, 0.15) is 31.1 Å². The van der Waals surface area contributed by atoms with Gasteiger partial charge in [0.05, 0.1) is 17.2 Å². The Balaban J connectivity index is 1.41. The Labute approximate surface area is 132 Å². The maximum absolute atomic E-state index is 12.0. The van der Waals surface area contributed by atoms with Gasteiger partial charge in [-0.3, -0.25) is 9.25 Å². The number of hydrogen-bond acceptors (Lipinski definition) is 4. The van der Waals surface area contributed by atoms with Gasteiger partial charge in [0.25, 0.3) is 0 Å². The number of H-pyrrole nitrogens is 1. The Morgan fingerprint density at radius 2 is 2.13 bits per heavy atom. The third kappa shape index (κ3) is 2.79. The lowest BCUT2D eigenvalue weighted by atomic mass is 10.2. The molecule has 0 saturated heterocycles. The first-order valence-electron chi connectivity index (χ1n) is 7.98. The molecular formula is C16H19N5O2. The normalized spacial score (nSPS) is 16.0. The molecule has 7 nitrogen and oxygen atoms in total. The standard InChI is InChI=1S/C16H19N5O2/c22-15(11-6-7-11)13-10-20(19-18-13)8-3-9-21-14-5-2-1-4-12(14)17-16(21)23/h1-2,4-5,10-11,15,22H,3,6-9H2,(H,17,23). The van der Waals surface area contributed by atoms with Crippen LogP contribution in [0.5, 0.6) is 0 Å². The number of imidazole rings is 1. The van der Waals surface area contributed by atoms with E-state index in [1.807, 2.05) is 24.3 Å². The number of benzene rings is 1. The number of aromatic amines is 1. The van der Waals surface area contributed by atoms with E-state index in [9.17, 15) is 9.90 Å². The average molecular weight is 313 g/mol. The number of aromatic nitrogens is 5. The molecule has 0 aliphatic heterocycles. The highest BCUT2D eigenvalue weighted by Gasteiger charge is 2.32. The molecular weight excluding hydrogens is 294 g/mol. The highest BCUT2D eigenvalue weighted by Crippen LogP contribution is 2.39. The summed E-state index contributed by atoms with van der Waals surface area (Å²) in [5.74, 6) is 0.352. The zero-order valence-electron chi connectivity index (χ0n) is 12.7. The van der Waals surface area contributed by atoms with Gasteiger partial charge in [-0.1, -0.05) is 17.3 Å². The molecule has 1 saturated carbocycles. The number of aliphatic hydroxyl groups excluding tert-OH is 1. The molecule has 1 aliphatic rings. The maximum atomic E-state index is 12.0. The summed E-state index contributed by atoms with van der Waals surface area (Å²) in [6.45, 7) is 1.28. The summed E-state index contributed by atoms with van der Waals surface area (Å²) >= 11 is 0. The zero-order chi connectivity index (χ0) is 15.8. The first kappa shape index (κ1) is 14.2. The Hall–Kier alpha value is -2.41. The van der Waals surface area contributed by atoms with Gasteiger partial charge in [0.2, 0.25) is 0 Å². The number of aryl methyl sites for hydroxylation is 2. The fourth-order valence-electron chi connectivity index (χ4n) is 2.93. The molecule has 2 aromatic heterocycles. The van der Waals surface area contributed by atoms with Crippen molar-refractivity contribution < 1.29 is 5.11 Å². The van der Waals surface area contributed by atoms with Crippen LogP contribution < -0.4 is 5.69 Å². The second-order valence-electron chi connectivity index (χ2n) is 6.14. The van der Waals surface area contributed by atoms with Crippen molar-refractivity contribution in [2.45, 2.75) is 38.5 Å². The average Bonchev–Trinajstić information content (AvgIpc) is 3.22. The minimum Gasteiger partial charge on any atom is -0.386 e. The van der Waals surface area contributed by atoms with E-state index in [-0.39, 0.29) is 5.69 Å². The molecule has 4 rings (SSSR count). The highest BCUT2D eigenvalue weighted by molar-refractivity contribution is 5.74. The number of nitrogens with zero attached hydrogens (tertiary/aromatic N) is 4. The molecule has 1 aromatic carbocycles. The molecule has 0 amide bonds. The van der Waals surface area contributed by atoms with Crippen molar-refractivity contribution in [1.29, 1.82) is 0 Å². The van der Waals surface area contributed by atoms with Crippen molar-refractivity contribution in [2.75, 3.05) is 0 Å². The Morgan fingerprint density at radius 1 is 1.30 bits per heavy atom. The van der Waals surface area contributed by atoms with Crippen molar-refractivity contribution in [3.8, 4) is 0 Å². The van der Waals surface area contributed by atoms with Gasteiger partial charge >= 0.3 is 5.69 Å². The highest BCUT2D eigenvalue weighted by atomic mass is 16.3. The summed E-state index contributed by atoms with van der Waals surface area (Å²) < 4.78 is 3.48. The first-order chi connectivity index (χ1) is 11.2. The minimum atomic E-state index is -0.486. The van der Waals surface area contributed by atoms with E-state index >= 15 is 0 Å². The molecule has 2 heterocycles. The number of hydrogen-bond donors (Lipinski definition) is 2. The van der Waals surface area contributed by atoms with Crippen molar-refractivity contribution >= 4 is 11.0 Å². The summed E-state index contributed by atoms with van der Waals surface area (Å²) in [6.07, 6.45) is 4.22. The monoisotopic (exact) mass is 313 g/mol. The summed E-state index contributed by atoms with van der Waals surface area (Å²) in [7, 11) is 0. The molecule has 0 spiro atoms. The summed E-state index contributed by atoms with van der Waals surface area (Å²) in [5.41, 5.74) is 2.33. The number of rotatable bonds is 6. The van der Waals surface area contributed by atoms with E-state index in [1.54, 1.807) is 15.4 Å². The van der Waals surface area contributed by atoms with Crippen LogP contribution in [-0.4, -0.2) is 29.7 Å². The van der Waals surface area contributed by atoms with Crippen molar-refractivity contribution in [2.24, 2.45) is 5.92 Å². The molecule has 3 aromatic rings. The minimum absolute atomic E-state index is 0.0883. The molecule has 23 heavy (non-hydrogen) atoms. The predicted octanol–water partition coefficient (Wildman–Crippen LogP) is 1.45. The molecule has 1 aliphatic carbocycles. The molecule has 1 atom stereocenters. The van der Waals surface area contributed by atoms with Gasteiger partial charge in [-0.25, -0.2) is 4.79 Å². The lowest BCUT2D eigenvalue weighted by Crippen LogP contribution is -2.17. The van der Waals surface area contributed by atoms with Crippen LogP contribution in [0.4, 0.5) is 0 Å². The number of fused-ring (bicyclic) bond motifs is 1. The van der Waals surface area contributed by atoms with E-state index in [1.165, 1.54) is 0 Å². The third-order valence-corrected chi connectivity index (χ3v) is 4.38. The van der Waals surface area contributed by atoms with Crippen molar-refractivity contribution in [1.82, 2.24) is 24.5 Å². The van der Waals surface area contributed by atoms with Crippen LogP contribution in [0.3, 0.4) is 0 Å². The quantitative estimate of drug-likeness (QED) is 0.721. The second kappa shape index (κ2) is 5.66. The van der Waals surface area contributed by atoms with E-state index in [0.717, 1.165) is 30.3 Å². The molecule has 1 fully saturated rings. The van der Waals surface area contributed by atoms with Crippen LogP contribution >= 0.6 is 0 Å². The smallest absolute Gasteiger partial charge is 0.326 e. The molecule has 120 valence electrons. The van der Waals surface area contributed by atoms with Crippen LogP contribution in [-0.2, 0) is 13.1 Å². The van der Waals surface area contributed by atoms with Gasteiger partial charge in [0.1, 0.15) is 11.8 Å². The first-order valence-corrected chi connectivity index (χ1v) is 7.98. The van der Waals surface area contributed by atoms with Gasteiger partial charge < -0.3 is 10.1 Å². The van der Waals surface area contributed by atoms with E-state index in [4.69, 9.17) is 0 Å². The Kier molecular flexibility index (Phi) is 3.49. The summed E-state index contributed by atoms with van der Waals surface area (Å²) in [6, 6.07) is 7.67. The number of para-hydroxylation sites is 2. The second-order valence-corrected chi connectivity index (χ2v) is 6.14. The van der Waals surface area contributed by atoms with Crippen LogP contribution in [0.15, 0.2) is 35.3 Å². The topological polar surface area (TPSA) is 88.7 Å². The zero-order valence-corrected chi connectivity index (χ0v) is 12.7. The molecule has 1 unspecified atom stereocenters. The van der Waals surface area contributed by atoms with Gasteiger partial charge in [-0.05, 0) is 37.3 Å². The van der Waals surface area contributed by atoms with Crippen LogP contribution in [0.25, 0.3) is 11.0 Å². The van der Waals surface area contributed by atoms with E-state index in [0.29, 0.717) is 24.7 Å². The van der Waals surface area contributed by atoms with Crippen molar-refractivity contribution in [3.63, 3.8) is 0 Å². The summed E-state index contributed by atoms with van der Waals surface area (Å²) in [4.78, 5) is 14.8. The predicted molar refractivity (Wildman–Crippen MR) is 84.9 cm³/mol. The van der Waals surface area contributed by atoms with Crippen LogP contribution in [0, 0.1) is 5.92 Å². The lowest BCUT2D eigenvalue weighted by Gasteiger charge is -2.04. The van der Waals surface area contributed by atoms with Gasteiger partial charge in [0, 0.05) is 13.1 Å². The molecule has 0 bridgehead atoms. The lowest BCUT2D eigenvalue weighted by molar-refractivity contribution is 0.149. The number of nitrogens with one attached hydrogen (secondary N) is 1. The molecule has 0 radical (unpaired) electrons. The fraction of sp³-hybridized carbons (Fsp3) is 0.438. The van der Waals surface area contributed by atoms with E-state index < -0.39 is 6.10 Å². The number of aliphatic hydroxyl groups is 1. The van der Waals surface area contributed by atoms with E-state index in [2.05, 4.69) is 15.3 Å². The SMILES string of the molecule is O=c1[nH]c2ccccc2n1CCCn1cc(C(O)C2CC2)nn1. The van der Waals surface area contributed by atoms with Crippen LogP contribution in [0.2, 0.25) is 0 Å². The third-order valence-electron chi connectivity index (χ3n) is 4.38. The van der Waals surface area contributed by atoms with Gasteiger partial charge in [-0.2, -0.15) is 0 Å². The maximum Gasteiger partial charge on any atom is 0.326 e. The molecule has 2 N–H and O–H groups in total. The largest absolute Gasteiger partial charge is 0.386 e. The van der Waals surface area contributed by atoms with Gasteiger partial charge in [-0.15, -0.1) is 5.10 Å². The fourth-order valence-corrected chi connectivity index (χ4v) is 2.93. The van der Waals surface area contributed by atoms with Gasteiger partial charge in [0.15, 0.2) is 0 Å². The Morgan fingerprint density at radius 3 is 2.96 bits per heavy atom. The Bertz CT molecular complexity index is 874. The summed E-state index contributed by atoms with van der Waals surface area (Å²) in [5, 5.41) is 18.1. The molecule has 7 heteroatoms. The van der Waals surface area contributed by atoms with Crippen molar-refractivity contribution in [3.05, 3.63) is 46.6 Å².